The van der Waals surface area contributed by atoms with Crippen LogP contribution in [0.5, 0.6) is 11.5 Å². The van der Waals surface area contributed by atoms with Gasteiger partial charge in [0.15, 0.2) is 11.5 Å². The number of nitrogens with two attached hydrogens (primary N) is 1. The van der Waals surface area contributed by atoms with Crippen molar-refractivity contribution in [3.8, 4) is 11.5 Å². The fourth-order valence-electron chi connectivity index (χ4n) is 2.58. The van der Waals surface area contributed by atoms with E-state index in [0.29, 0.717) is 23.7 Å². The maximum atomic E-state index is 6.23. The van der Waals surface area contributed by atoms with E-state index in [4.69, 9.17) is 15.2 Å². The van der Waals surface area contributed by atoms with Gasteiger partial charge < -0.3 is 15.2 Å². The van der Waals surface area contributed by atoms with E-state index in [1.165, 1.54) is 0 Å². The smallest absolute Gasteiger partial charge is 0.160 e. The van der Waals surface area contributed by atoms with Gasteiger partial charge in [-0.25, -0.2) is 4.98 Å². The highest BCUT2D eigenvalue weighted by Crippen LogP contribution is 2.29. The molecule has 0 aliphatic heterocycles. The van der Waals surface area contributed by atoms with Gasteiger partial charge in [0.25, 0.3) is 0 Å². The maximum Gasteiger partial charge on any atom is 0.160 e. The average molecular weight is 297 g/mol. The van der Waals surface area contributed by atoms with E-state index < -0.39 is 0 Å². The van der Waals surface area contributed by atoms with Crippen molar-refractivity contribution in [3.05, 3.63) is 53.3 Å². The van der Waals surface area contributed by atoms with E-state index in [0.717, 1.165) is 22.5 Å². The molecule has 0 aliphatic rings. The Balaban J connectivity index is 2.00. The molecule has 0 fully saturated rings. The monoisotopic (exact) mass is 297 g/mol. The van der Waals surface area contributed by atoms with Crippen LogP contribution < -0.4 is 15.2 Å². The Labute approximate surface area is 129 Å². The van der Waals surface area contributed by atoms with Crippen LogP contribution in [-0.4, -0.2) is 23.6 Å². The molecule has 0 bridgehead atoms. The van der Waals surface area contributed by atoms with Crippen LogP contribution in [0.4, 0.5) is 5.82 Å². The predicted molar refractivity (Wildman–Crippen MR) is 86.7 cm³/mol. The summed E-state index contributed by atoms with van der Waals surface area (Å²) in [6, 6.07) is 9.85. The number of ether oxygens (including phenoxy) is 2. The zero-order valence-corrected chi connectivity index (χ0v) is 13.0. The van der Waals surface area contributed by atoms with Gasteiger partial charge in [-0.1, -0.05) is 12.1 Å². The van der Waals surface area contributed by atoms with Crippen molar-refractivity contribution in [1.82, 2.24) is 9.38 Å². The second kappa shape index (κ2) is 5.60. The average Bonchev–Trinajstić information content (AvgIpc) is 2.85. The highest BCUT2D eigenvalue weighted by atomic mass is 16.5. The molecule has 0 amide bonds. The quantitative estimate of drug-likeness (QED) is 0.804. The first kappa shape index (κ1) is 14.3. The number of nitrogen functional groups attached to an aromatic ring is 1. The van der Waals surface area contributed by atoms with E-state index in [2.05, 4.69) is 4.98 Å². The summed E-state index contributed by atoms with van der Waals surface area (Å²) < 4.78 is 12.5. The number of pyridine rings is 1. The summed E-state index contributed by atoms with van der Waals surface area (Å²) in [5.41, 5.74) is 10.2. The van der Waals surface area contributed by atoms with Crippen LogP contribution in [0.25, 0.3) is 5.65 Å². The lowest BCUT2D eigenvalue weighted by Crippen LogP contribution is -1.98. The number of imidazole rings is 1. The molecule has 1 aromatic carbocycles. The fraction of sp³-hybridized carbons (Fsp3) is 0.235. The van der Waals surface area contributed by atoms with Gasteiger partial charge >= 0.3 is 0 Å². The van der Waals surface area contributed by atoms with E-state index in [1.54, 1.807) is 14.2 Å². The number of fused-ring (bicyclic) bond motifs is 1. The Bertz CT molecular complexity index is 824. The Morgan fingerprint density at radius 2 is 1.91 bits per heavy atom. The minimum atomic E-state index is 0.646. The Kier molecular flexibility index (Phi) is 3.63. The zero-order chi connectivity index (χ0) is 15.7. The van der Waals surface area contributed by atoms with E-state index >= 15 is 0 Å². The van der Waals surface area contributed by atoms with Gasteiger partial charge in [-0.2, -0.15) is 0 Å². The molecule has 2 N–H and O–H groups in total. The molecule has 3 rings (SSSR count). The van der Waals surface area contributed by atoms with Crippen molar-refractivity contribution in [1.29, 1.82) is 0 Å². The minimum Gasteiger partial charge on any atom is -0.493 e. The Hall–Kier alpha value is -2.69. The maximum absolute atomic E-state index is 6.23. The number of hydrogen-bond donors (Lipinski definition) is 1. The molecule has 2 aromatic heterocycles. The molecule has 0 saturated heterocycles. The van der Waals surface area contributed by atoms with Gasteiger partial charge in [-0.15, -0.1) is 0 Å². The van der Waals surface area contributed by atoms with Crippen LogP contribution in [0, 0.1) is 6.92 Å². The second-order valence-corrected chi connectivity index (χ2v) is 5.19. The predicted octanol–water partition coefficient (Wildman–Crippen LogP) is 2.83. The minimum absolute atomic E-state index is 0.646. The summed E-state index contributed by atoms with van der Waals surface area (Å²) >= 11 is 0. The van der Waals surface area contributed by atoms with Gasteiger partial charge in [0.05, 0.1) is 19.9 Å². The number of anilines is 1. The first-order valence-corrected chi connectivity index (χ1v) is 7.07. The van der Waals surface area contributed by atoms with Crippen molar-refractivity contribution < 1.29 is 9.47 Å². The number of nitrogens with zero attached hydrogens (tertiary/aromatic N) is 2. The lowest BCUT2D eigenvalue weighted by molar-refractivity contribution is 0.354. The summed E-state index contributed by atoms with van der Waals surface area (Å²) in [6.07, 6.45) is 2.58. The Morgan fingerprint density at radius 1 is 1.14 bits per heavy atom. The lowest BCUT2D eigenvalue weighted by Gasteiger charge is -2.09. The molecule has 0 atom stereocenters. The first-order chi connectivity index (χ1) is 10.6. The third-order valence-corrected chi connectivity index (χ3v) is 3.78. The van der Waals surface area contributed by atoms with E-state index in [-0.39, 0.29) is 0 Å². The van der Waals surface area contributed by atoms with Crippen molar-refractivity contribution in [2.24, 2.45) is 0 Å². The molecule has 22 heavy (non-hydrogen) atoms. The summed E-state index contributed by atoms with van der Waals surface area (Å²) in [6.45, 7) is 2.03. The van der Waals surface area contributed by atoms with E-state index in [9.17, 15) is 0 Å². The van der Waals surface area contributed by atoms with Crippen LogP contribution in [0.3, 0.4) is 0 Å². The SMILES string of the molecule is COc1ccc(Cc2nc3c(C)cccn3c2N)cc1OC. The highest BCUT2D eigenvalue weighted by molar-refractivity contribution is 5.58. The van der Waals surface area contributed by atoms with Crippen molar-refractivity contribution in [2.75, 3.05) is 20.0 Å². The van der Waals surface area contributed by atoms with Crippen LogP contribution in [0.2, 0.25) is 0 Å². The van der Waals surface area contributed by atoms with Crippen molar-refractivity contribution >= 4 is 11.5 Å². The largest absolute Gasteiger partial charge is 0.493 e. The van der Waals surface area contributed by atoms with E-state index in [1.807, 2.05) is 47.9 Å². The summed E-state index contributed by atoms with van der Waals surface area (Å²) in [5.74, 6) is 2.09. The summed E-state index contributed by atoms with van der Waals surface area (Å²) in [5, 5.41) is 0. The van der Waals surface area contributed by atoms with Gasteiger partial charge in [0.2, 0.25) is 0 Å². The normalized spacial score (nSPS) is 10.9. The number of benzene rings is 1. The van der Waals surface area contributed by atoms with Crippen molar-refractivity contribution in [2.45, 2.75) is 13.3 Å². The molecule has 5 nitrogen and oxygen atoms in total. The third-order valence-electron chi connectivity index (χ3n) is 3.78. The second-order valence-electron chi connectivity index (χ2n) is 5.19. The van der Waals surface area contributed by atoms with Crippen LogP contribution in [-0.2, 0) is 6.42 Å². The number of hydrogen-bond acceptors (Lipinski definition) is 4. The Morgan fingerprint density at radius 3 is 2.59 bits per heavy atom. The number of rotatable bonds is 4. The topological polar surface area (TPSA) is 61.8 Å². The molecule has 3 aromatic rings. The summed E-state index contributed by atoms with van der Waals surface area (Å²) in [7, 11) is 3.25. The van der Waals surface area contributed by atoms with Crippen molar-refractivity contribution in [3.63, 3.8) is 0 Å². The van der Waals surface area contributed by atoms with Gasteiger partial charge in [-0.3, -0.25) is 4.40 Å². The molecule has 0 spiro atoms. The van der Waals surface area contributed by atoms with Gasteiger partial charge in [-0.05, 0) is 36.2 Å². The summed E-state index contributed by atoms with van der Waals surface area (Å²) in [4.78, 5) is 4.67. The van der Waals surface area contributed by atoms with Crippen LogP contribution in [0.1, 0.15) is 16.8 Å². The molecule has 0 aliphatic carbocycles. The molecule has 2 heterocycles. The molecule has 0 unspecified atom stereocenters. The molecular formula is C17H19N3O2. The molecule has 114 valence electrons. The first-order valence-electron chi connectivity index (χ1n) is 7.07. The third kappa shape index (κ3) is 2.35. The van der Waals surface area contributed by atoms with Gasteiger partial charge in [0.1, 0.15) is 11.5 Å². The lowest BCUT2D eigenvalue weighted by atomic mass is 10.1. The zero-order valence-electron chi connectivity index (χ0n) is 13.0. The molecule has 0 radical (unpaired) electrons. The molecular weight excluding hydrogens is 278 g/mol. The van der Waals surface area contributed by atoms with Crippen LogP contribution >= 0.6 is 0 Å². The number of methoxy groups -OCH3 is 2. The molecule has 0 saturated carbocycles. The fourth-order valence-corrected chi connectivity index (χ4v) is 2.58. The van der Waals surface area contributed by atoms with Crippen LogP contribution in [0.15, 0.2) is 36.5 Å². The number of aryl methyl sites for hydroxylation is 1. The van der Waals surface area contributed by atoms with Gasteiger partial charge in [0, 0.05) is 12.6 Å². The molecule has 5 heteroatoms. The number of aromatic nitrogens is 2. The standard InChI is InChI=1S/C17H19N3O2/c1-11-5-4-8-20-16(18)13(19-17(11)20)9-12-6-7-14(21-2)15(10-12)22-3/h4-8,10H,9,18H2,1-3H3. The highest BCUT2D eigenvalue weighted by Gasteiger charge is 2.12.